The lowest BCUT2D eigenvalue weighted by molar-refractivity contribution is 0.547. The molecule has 20 heavy (non-hydrogen) atoms. The summed E-state index contributed by atoms with van der Waals surface area (Å²) in [5.74, 6) is 0.447. The van der Waals surface area contributed by atoms with Crippen molar-refractivity contribution in [3.63, 3.8) is 0 Å². The SMILES string of the molecule is CCc1cc(-c2n[nH]c(=S)o2)n(-c2ccc(C)cc2)n1. The van der Waals surface area contributed by atoms with E-state index in [1.807, 2.05) is 35.0 Å². The predicted molar refractivity (Wildman–Crippen MR) is 78.4 cm³/mol. The lowest BCUT2D eigenvalue weighted by Crippen LogP contribution is -1.99. The maximum Gasteiger partial charge on any atom is 0.284 e. The molecule has 0 aliphatic rings. The standard InChI is InChI=1S/C14H14N4OS/c1-3-10-8-12(13-15-16-14(20)19-13)18(17-10)11-6-4-9(2)5-7-11/h4-8H,3H2,1-2H3,(H,16,20). The third-order valence-corrected chi connectivity index (χ3v) is 3.23. The summed E-state index contributed by atoms with van der Waals surface area (Å²) in [5, 5.41) is 11.3. The highest BCUT2D eigenvalue weighted by atomic mass is 32.1. The van der Waals surface area contributed by atoms with Gasteiger partial charge in [-0.15, -0.1) is 5.10 Å². The molecule has 0 aliphatic carbocycles. The molecule has 0 aliphatic heterocycles. The quantitative estimate of drug-likeness (QED) is 0.749. The third kappa shape index (κ3) is 2.30. The van der Waals surface area contributed by atoms with Crippen LogP contribution < -0.4 is 0 Å². The molecule has 0 saturated carbocycles. The lowest BCUT2D eigenvalue weighted by atomic mass is 10.2. The largest absolute Gasteiger partial charge is 0.408 e. The molecule has 0 spiro atoms. The van der Waals surface area contributed by atoms with Crippen molar-refractivity contribution in [2.24, 2.45) is 0 Å². The number of nitrogens with zero attached hydrogens (tertiary/aromatic N) is 3. The van der Waals surface area contributed by atoms with Crippen LogP contribution in [0.2, 0.25) is 0 Å². The average molecular weight is 286 g/mol. The molecule has 0 atom stereocenters. The van der Waals surface area contributed by atoms with Gasteiger partial charge in [0.25, 0.3) is 10.7 Å². The van der Waals surface area contributed by atoms with Crippen molar-refractivity contribution in [2.45, 2.75) is 20.3 Å². The molecule has 102 valence electrons. The molecule has 0 fully saturated rings. The van der Waals surface area contributed by atoms with Crippen LogP contribution in [0.4, 0.5) is 0 Å². The first-order valence-corrected chi connectivity index (χ1v) is 6.80. The first kappa shape index (κ1) is 12.8. The molecule has 3 aromatic rings. The van der Waals surface area contributed by atoms with Crippen LogP contribution in [0.25, 0.3) is 17.3 Å². The molecule has 2 aromatic heterocycles. The zero-order valence-electron chi connectivity index (χ0n) is 11.3. The Labute approximate surface area is 121 Å². The molecular formula is C14H14N4OS. The Hall–Kier alpha value is -2.21. The number of benzene rings is 1. The first-order valence-electron chi connectivity index (χ1n) is 6.39. The van der Waals surface area contributed by atoms with E-state index in [9.17, 15) is 0 Å². The van der Waals surface area contributed by atoms with Gasteiger partial charge in [-0.05, 0) is 43.8 Å². The van der Waals surface area contributed by atoms with Gasteiger partial charge in [0, 0.05) is 0 Å². The Morgan fingerprint density at radius 3 is 2.65 bits per heavy atom. The molecule has 0 amide bonds. The van der Waals surface area contributed by atoms with Gasteiger partial charge >= 0.3 is 0 Å². The van der Waals surface area contributed by atoms with Crippen LogP contribution >= 0.6 is 12.2 Å². The number of aryl methyl sites for hydroxylation is 2. The van der Waals surface area contributed by atoms with Crippen LogP contribution in [0.15, 0.2) is 34.7 Å². The predicted octanol–water partition coefficient (Wildman–Crippen LogP) is 3.46. The van der Waals surface area contributed by atoms with Gasteiger partial charge in [-0.2, -0.15) is 5.10 Å². The van der Waals surface area contributed by atoms with E-state index in [1.165, 1.54) is 5.56 Å². The molecule has 2 heterocycles. The van der Waals surface area contributed by atoms with Crippen molar-refractivity contribution in [1.82, 2.24) is 20.0 Å². The summed E-state index contributed by atoms with van der Waals surface area (Å²) in [6, 6.07) is 10.1. The normalized spacial score (nSPS) is 10.9. The van der Waals surface area contributed by atoms with Gasteiger partial charge in [0.15, 0.2) is 0 Å². The van der Waals surface area contributed by atoms with E-state index in [1.54, 1.807) is 0 Å². The van der Waals surface area contributed by atoms with Crippen LogP contribution in [0.1, 0.15) is 18.2 Å². The fourth-order valence-corrected chi connectivity index (χ4v) is 2.10. The number of rotatable bonds is 3. The Morgan fingerprint density at radius 1 is 1.30 bits per heavy atom. The maximum absolute atomic E-state index is 5.40. The molecule has 0 saturated heterocycles. The van der Waals surface area contributed by atoms with E-state index < -0.39 is 0 Å². The smallest absolute Gasteiger partial charge is 0.284 e. The highest BCUT2D eigenvalue weighted by Gasteiger charge is 2.15. The number of nitrogens with one attached hydrogen (secondary N) is 1. The number of H-pyrrole nitrogens is 1. The molecule has 6 heteroatoms. The van der Waals surface area contributed by atoms with Crippen molar-refractivity contribution in [1.29, 1.82) is 0 Å². The zero-order chi connectivity index (χ0) is 14.1. The number of hydrogen-bond donors (Lipinski definition) is 1. The van der Waals surface area contributed by atoms with Gasteiger partial charge in [0.2, 0.25) is 0 Å². The van der Waals surface area contributed by atoms with Gasteiger partial charge in [-0.1, -0.05) is 24.6 Å². The Kier molecular flexibility index (Phi) is 3.23. The van der Waals surface area contributed by atoms with Crippen LogP contribution in [-0.4, -0.2) is 20.0 Å². The van der Waals surface area contributed by atoms with E-state index in [0.717, 1.165) is 23.5 Å². The van der Waals surface area contributed by atoms with Gasteiger partial charge in [-0.3, -0.25) is 0 Å². The minimum absolute atomic E-state index is 0.259. The van der Waals surface area contributed by atoms with Crippen LogP contribution in [0.5, 0.6) is 0 Å². The summed E-state index contributed by atoms with van der Waals surface area (Å²) in [4.78, 5) is 0.259. The number of aromatic amines is 1. The number of aromatic nitrogens is 4. The fraction of sp³-hybridized carbons (Fsp3) is 0.214. The Morgan fingerprint density at radius 2 is 2.05 bits per heavy atom. The summed E-state index contributed by atoms with van der Waals surface area (Å²) in [6.07, 6.45) is 0.844. The second-order valence-electron chi connectivity index (χ2n) is 4.54. The van der Waals surface area contributed by atoms with Crippen molar-refractivity contribution >= 4 is 12.2 Å². The summed E-state index contributed by atoms with van der Waals surface area (Å²) in [7, 11) is 0. The Bertz CT molecular complexity index is 782. The van der Waals surface area contributed by atoms with Crippen LogP contribution in [-0.2, 0) is 6.42 Å². The minimum atomic E-state index is 0.259. The number of hydrogen-bond acceptors (Lipinski definition) is 4. The third-order valence-electron chi connectivity index (χ3n) is 3.06. The van der Waals surface area contributed by atoms with E-state index in [-0.39, 0.29) is 4.84 Å². The molecule has 0 bridgehead atoms. The average Bonchev–Trinajstić information content (AvgIpc) is 3.05. The van der Waals surface area contributed by atoms with Crippen LogP contribution in [0.3, 0.4) is 0 Å². The molecule has 1 N–H and O–H groups in total. The van der Waals surface area contributed by atoms with Gasteiger partial charge in [0.05, 0.1) is 11.4 Å². The van der Waals surface area contributed by atoms with Gasteiger partial charge < -0.3 is 4.42 Å². The second-order valence-corrected chi connectivity index (χ2v) is 4.91. The molecule has 0 radical (unpaired) electrons. The molecule has 1 aromatic carbocycles. The highest BCUT2D eigenvalue weighted by molar-refractivity contribution is 7.71. The monoisotopic (exact) mass is 286 g/mol. The lowest BCUT2D eigenvalue weighted by Gasteiger charge is -2.04. The topological polar surface area (TPSA) is 59.6 Å². The van der Waals surface area contributed by atoms with Crippen molar-refractivity contribution in [3.05, 3.63) is 46.4 Å². The molecule has 0 unspecified atom stereocenters. The summed E-state index contributed by atoms with van der Waals surface area (Å²) >= 11 is 4.93. The van der Waals surface area contributed by atoms with Crippen molar-refractivity contribution < 1.29 is 4.42 Å². The molecule has 3 rings (SSSR count). The highest BCUT2D eigenvalue weighted by Crippen LogP contribution is 2.23. The van der Waals surface area contributed by atoms with E-state index in [4.69, 9.17) is 16.6 Å². The van der Waals surface area contributed by atoms with E-state index in [0.29, 0.717) is 5.89 Å². The Balaban J connectivity index is 2.16. The molecule has 5 nitrogen and oxygen atoms in total. The van der Waals surface area contributed by atoms with Crippen molar-refractivity contribution in [3.8, 4) is 17.3 Å². The van der Waals surface area contributed by atoms with Crippen molar-refractivity contribution in [2.75, 3.05) is 0 Å². The summed E-state index contributed by atoms with van der Waals surface area (Å²) in [5.41, 5.74) is 3.94. The van der Waals surface area contributed by atoms with Crippen LogP contribution in [0, 0.1) is 11.8 Å². The van der Waals surface area contributed by atoms with E-state index in [2.05, 4.69) is 29.1 Å². The van der Waals surface area contributed by atoms with Gasteiger partial charge in [0.1, 0.15) is 5.69 Å². The zero-order valence-corrected chi connectivity index (χ0v) is 12.1. The minimum Gasteiger partial charge on any atom is -0.408 e. The first-order chi connectivity index (χ1) is 9.67. The fourth-order valence-electron chi connectivity index (χ4n) is 1.98. The summed E-state index contributed by atoms with van der Waals surface area (Å²) < 4.78 is 7.23. The molecular weight excluding hydrogens is 272 g/mol. The summed E-state index contributed by atoms with van der Waals surface area (Å²) in [6.45, 7) is 4.11. The maximum atomic E-state index is 5.40. The van der Waals surface area contributed by atoms with E-state index >= 15 is 0 Å². The van der Waals surface area contributed by atoms with Gasteiger partial charge in [-0.25, -0.2) is 9.78 Å². The second kappa shape index (κ2) is 5.05.